The monoisotopic (exact) mass is 389 g/mol. The van der Waals surface area contributed by atoms with Crippen LogP contribution in [0.5, 0.6) is 0 Å². The second-order valence-electron chi connectivity index (χ2n) is 7.30. The van der Waals surface area contributed by atoms with E-state index in [1.54, 1.807) is 0 Å². The Balaban J connectivity index is 1.28. The molecule has 2 fully saturated rings. The van der Waals surface area contributed by atoms with E-state index in [0.717, 1.165) is 30.7 Å². The summed E-state index contributed by atoms with van der Waals surface area (Å²) in [6.45, 7) is 2.47. The molecule has 1 saturated heterocycles. The number of allylic oxidation sites excluding steroid dienone is 2. The number of urea groups is 1. The number of aryl methyl sites for hydroxylation is 1. The van der Waals surface area contributed by atoms with E-state index >= 15 is 0 Å². The molecular weight excluding hydrogens is 366 g/mol. The quantitative estimate of drug-likeness (QED) is 0.570. The van der Waals surface area contributed by atoms with Crippen molar-refractivity contribution in [2.24, 2.45) is 23.7 Å². The van der Waals surface area contributed by atoms with Crippen molar-refractivity contribution in [1.82, 2.24) is 20.4 Å². The summed E-state index contributed by atoms with van der Waals surface area (Å²) in [6, 6.07) is -0.410. The van der Waals surface area contributed by atoms with Crippen LogP contribution in [0.4, 0.5) is 9.93 Å². The number of aromatic nitrogens is 2. The van der Waals surface area contributed by atoms with Crippen molar-refractivity contribution >= 4 is 34.3 Å². The molecule has 9 heteroatoms. The highest BCUT2D eigenvalue weighted by molar-refractivity contribution is 7.15. The summed E-state index contributed by atoms with van der Waals surface area (Å²) in [6.07, 6.45) is 7.97. The van der Waals surface area contributed by atoms with E-state index in [0.29, 0.717) is 5.13 Å². The molecule has 4 aliphatic rings. The van der Waals surface area contributed by atoms with Crippen LogP contribution in [0.2, 0.25) is 0 Å². The van der Waals surface area contributed by atoms with Gasteiger partial charge in [0.05, 0.1) is 11.8 Å². The fourth-order valence-electron chi connectivity index (χ4n) is 4.40. The van der Waals surface area contributed by atoms with E-state index in [1.165, 1.54) is 16.2 Å². The highest BCUT2D eigenvalue weighted by Gasteiger charge is 2.56. The molecule has 2 bridgehead atoms. The van der Waals surface area contributed by atoms with Crippen LogP contribution in [0.25, 0.3) is 0 Å². The number of hydrogen-bond acceptors (Lipinski definition) is 6. The number of hydrogen-bond donors (Lipinski definition) is 2. The third-order valence-corrected chi connectivity index (χ3v) is 6.52. The summed E-state index contributed by atoms with van der Waals surface area (Å²) in [7, 11) is 0. The minimum Gasteiger partial charge on any atom is -0.336 e. The lowest BCUT2D eigenvalue weighted by atomic mass is 9.63. The van der Waals surface area contributed by atoms with Gasteiger partial charge in [-0.2, -0.15) is 0 Å². The summed E-state index contributed by atoms with van der Waals surface area (Å²) in [5.74, 6) is -0.194. The molecule has 8 nitrogen and oxygen atoms in total. The molecule has 5 rings (SSSR count). The van der Waals surface area contributed by atoms with Gasteiger partial charge < -0.3 is 5.32 Å². The van der Waals surface area contributed by atoms with Gasteiger partial charge in [-0.1, -0.05) is 30.4 Å². The zero-order chi connectivity index (χ0) is 19.0. The molecule has 1 saturated carbocycles. The third kappa shape index (κ3) is 3.36. The third-order valence-electron chi connectivity index (χ3n) is 5.62. The van der Waals surface area contributed by atoms with Crippen molar-refractivity contribution in [1.29, 1.82) is 0 Å². The van der Waals surface area contributed by atoms with Crippen molar-refractivity contribution in [3.8, 4) is 0 Å². The summed E-state index contributed by atoms with van der Waals surface area (Å²) in [4.78, 5) is 38.7. The van der Waals surface area contributed by atoms with Gasteiger partial charge in [0.1, 0.15) is 5.01 Å². The Bertz CT molecular complexity index is 760. The van der Waals surface area contributed by atoms with Crippen LogP contribution >= 0.6 is 11.3 Å². The lowest BCUT2D eigenvalue weighted by Gasteiger charge is -2.38. The van der Waals surface area contributed by atoms with Crippen LogP contribution in [0.15, 0.2) is 12.2 Å². The van der Waals surface area contributed by atoms with Gasteiger partial charge in [0.15, 0.2) is 0 Å². The van der Waals surface area contributed by atoms with Gasteiger partial charge >= 0.3 is 6.03 Å². The average Bonchev–Trinajstić information content (AvgIpc) is 3.21. The molecule has 144 valence electrons. The molecule has 0 unspecified atom stereocenters. The van der Waals surface area contributed by atoms with Gasteiger partial charge in [-0.15, -0.1) is 10.2 Å². The van der Waals surface area contributed by atoms with E-state index in [-0.39, 0.29) is 48.6 Å². The van der Waals surface area contributed by atoms with Crippen LogP contribution in [0.3, 0.4) is 0 Å². The van der Waals surface area contributed by atoms with Crippen LogP contribution < -0.4 is 10.6 Å². The zero-order valence-corrected chi connectivity index (χ0v) is 16.0. The molecule has 2 heterocycles. The molecule has 4 atom stereocenters. The van der Waals surface area contributed by atoms with Gasteiger partial charge in [0.2, 0.25) is 16.9 Å². The summed E-state index contributed by atoms with van der Waals surface area (Å²) < 4.78 is 0. The Morgan fingerprint density at radius 3 is 2.44 bits per heavy atom. The van der Waals surface area contributed by atoms with Crippen molar-refractivity contribution in [2.45, 2.75) is 32.6 Å². The molecule has 2 N–H and O–H groups in total. The van der Waals surface area contributed by atoms with Crippen molar-refractivity contribution in [2.75, 3.05) is 18.4 Å². The Kier molecular flexibility index (Phi) is 4.94. The number of anilines is 1. The maximum absolute atomic E-state index is 12.7. The fourth-order valence-corrected chi connectivity index (χ4v) is 5.23. The van der Waals surface area contributed by atoms with E-state index in [2.05, 4.69) is 39.9 Å². The SMILES string of the molecule is CCCc1nnc(NC(=O)NCCN2C(=O)[C@H]3[C@H](C2=O)[C@H]2C=C[C@H]3CC2)s1. The predicted molar refractivity (Wildman–Crippen MR) is 100.0 cm³/mol. The average molecular weight is 389 g/mol. The second kappa shape index (κ2) is 7.38. The standard InChI is InChI=1S/C18H23N5O3S/c1-2-3-12-21-22-18(27-12)20-17(26)19-8-9-23-15(24)13-10-4-5-11(7-6-10)14(13)16(23)25/h4-5,10-11,13-14H,2-3,6-9H2,1H3,(H2,19,20,22,26)/t10-,11-,13+,14+/m0/s1. The Hall–Kier alpha value is -2.29. The van der Waals surface area contributed by atoms with Crippen LogP contribution in [-0.4, -0.2) is 46.0 Å². The molecule has 0 radical (unpaired) electrons. The number of likely N-dealkylation sites (tertiary alicyclic amines) is 1. The maximum atomic E-state index is 12.7. The van der Waals surface area contributed by atoms with E-state index in [4.69, 9.17) is 0 Å². The smallest absolute Gasteiger partial charge is 0.321 e. The van der Waals surface area contributed by atoms with Gasteiger partial charge in [-0.25, -0.2) is 4.79 Å². The largest absolute Gasteiger partial charge is 0.336 e. The molecule has 0 spiro atoms. The van der Waals surface area contributed by atoms with Crippen LogP contribution in [0.1, 0.15) is 31.2 Å². The fraction of sp³-hybridized carbons (Fsp3) is 0.611. The lowest BCUT2D eigenvalue weighted by molar-refractivity contribution is -0.140. The number of rotatable bonds is 6. The maximum Gasteiger partial charge on any atom is 0.321 e. The first-order valence-electron chi connectivity index (χ1n) is 9.49. The number of fused-ring (bicyclic) bond motifs is 1. The number of nitrogens with zero attached hydrogens (tertiary/aromatic N) is 3. The van der Waals surface area contributed by atoms with Crippen LogP contribution in [0, 0.1) is 23.7 Å². The topological polar surface area (TPSA) is 104 Å². The first-order chi connectivity index (χ1) is 13.1. The summed E-state index contributed by atoms with van der Waals surface area (Å²) in [5, 5.41) is 14.6. The first kappa shape index (κ1) is 18.1. The summed E-state index contributed by atoms with van der Waals surface area (Å²) in [5.41, 5.74) is 0. The van der Waals surface area contributed by atoms with Crippen molar-refractivity contribution in [3.63, 3.8) is 0 Å². The molecule has 1 aliphatic heterocycles. The first-order valence-corrected chi connectivity index (χ1v) is 10.3. The Labute approximate surface area is 161 Å². The molecule has 0 aromatic carbocycles. The normalized spacial score (nSPS) is 28.6. The molecule has 3 aliphatic carbocycles. The number of imide groups is 1. The molecule has 1 aromatic heterocycles. The van der Waals surface area contributed by atoms with Gasteiger partial charge in [-0.3, -0.25) is 19.8 Å². The lowest BCUT2D eigenvalue weighted by Crippen LogP contribution is -2.40. The molecular formula is C18H23N5O3S. The van der Waals surface area contributed by atoms with Gasteiger partial charge in [-0.05, 0) is 31.1 Å². The van der Waals surface area contributed by atoms with Gasteiger partial charge in [0, 0.05) is 19.5 Å². The summed E-state index contributed by atoms with van der Waals surface area (Å²) >= 11 is 1.35. The number of carbonyl (C=O) groups excluding carboxylic acids is 3. The predicted octanol–water partition coefficient (Wildman–Crippen LogP) is 1.81. The van der Waals surface area contributed by atoms with Gasteiger partial charge in [0.25, 0.3) is 0 Å². The second-order valence-corrected chi connectivity index (χ2v) is 8.36. The molecule has 27 heavy (non-hydrogen) atoms. The van der Waals surface area contributed by atoms with Crippen molar-refractivity contribution in [3.05, 3.63) is 17.2 Å². The zero-order valence-electron chi connectivity index (χ0n) is 15.2. The van der Waals surface area contributed by atoms with Crippen LogP contribution in [-0.2, 0) is 16.0 Å². The van der Waals surface area contributed by atoms with Crippen molar-refractivity contribution < 1.29 is 14.4 Å². The minimum absolute atomic E-state index is 0.0837. The van der Waals surface area contributed by atoms with E-state index < -0.39 is 6.03 Å². The molecule has 1 aromatic rings. The number of nitrogens with one attached hydrogen (secondary N) is 2. The van der Waals surface area contributed by atoms with E-state index in [1.807, 2.05) is 0 Å². The van der Waals surface area contributed by atoms with E-state index in [9.17, 15) is 14.4 Å². The highest BCUT2D eigenvalue weighted by atomic mass is 32.1. The minimum atomic E-state index is -0.410. The number of amides is 4. The Morgan fingerprint density at radius 1 is 1.19 bits per heavy atom. The number of carbonyl (C=O) groups is 3. The Morgan fingerprint density at radius 2 is 1.85 bits per heavy atom. The highest BCUT2D eigenvalue weighted by Crippen LogP contribution is 2.49. The molecule has 4 amide bonds.